The number of halogens is 1. The molecule has 1 aliphatic rings. The van der Waals surface area contributed by atoms with Gasteiger partial charge in [-0.3, -0.25) is 4.90 Å². The van der Waals surface area contributed by atoms with Crippen LogP contribution in [0.25, 0.3) is 0 Å². The van der Waals surface area contributed by atoms with Crippen molar-refractivity contribution in [1.29, 1.82) is 0 Å². The summed E-state index contributed by atoms with van der Waals surface area (Å²) in [5.41, 5.74) is 6.76. The van der Waals surface area contributed by atoms with E-state index in [1.807, 2.05) is 6.07 Å². The average Bonchev–Trinajstić information content (AvgIpc) is 2.64. The predicted molar refractivity (Wildman–Crippen MR) is 81.0 cm³/mol. The zero-order valence-electron chi connectivity index (χ0n) is 12.4. The second kappa shape index (κ2) is 7.72. The van der Waals surface area contributed by atoms with Crippen LogP contribution in [-0.4, -0.2) is 49.1 Å². The van der Waals surface area contributed by atoms with Crippen molar-refractivity contribution >= 4 is 0 Å². The summed E-state index contributed by atoms with van der Waals surface area (Å²) in [5, 5.41) is 0. The molecule has 0 aromatic heterocycles. The molecule has 2 N–H and O–H groups in total. The van der Waals surface area contributed by atoms with Crippen LogP contribution in [0.4, 0.5) is 4.39 Å². The fourth-order valence-electron chi connectivity index (χ4n) is 2.77. The third-order valence-corrected chi connectivity index (χ3v) is 3.95. The highest BCUT2D eigenvalue weighted by Gasteiger charge is 2.16. The Bertz CT molecular complexity index is 410. The van der Waals surface area contributed by atoms with E-state index < -0.39 is 0 Å². The molecule has 4 heteroatoms. The van der Waals surface area contributed by atoms with Crippen molar-refractivity contribution in [2.45, 2.75) is 19.9 Å². The van der Waals surface area contributed by atoms with Crippen LogP contribution in [0.1, 0.15) is 18.9 Å². The average molecular weight is 279 g/mol. The van der Waals surface area contributed by atoms with Gasteiger partial charge in [-0.25, -0.2) is 4.39 Å². The van der Waals surface area contributed by atoms with E-state index in [9.17, 15) is 4.39 Å². The Hall–Kier alpha value is -0.970. The third kappa shape index (κ3) is 4.85. The maximum absolute atomic E-state index is 13.2. The highest BCUT2D eigenvalue weighted by Crippen LogP contribution is 2.11. The summed E-state index contributed by atoms with van der Waals surface area (Å²) in [7, 11) is 0. The summed E-state index contributed by atoms with van der Waals surface area (Å²) in [6.07, 6.45) is 1.17. The molecule has 112 valence electrons. The number of rotatable bonds is 5. The SMILES string of the molecule is CC(CN)CN1CCCN(Cc2cccc(F)c2)CC1. The van der Waals surface area contributed by atoms with Gasteiger partial charge < -0.3 is 10.6 Å². The first-order valence-corrected chi connectivity index (χ1v) is 7.56. The Morgan fingerprint density at radius 3 is 2.70 bits per heavy atom. The van der Waals surface area contributed by atoms with Crippen LogP contribution in [0.2, 0.25) is 0 Å². The standard InChI is InChI=1S/C16H26FN3/c1-14(11-18)12-19-6-3-7-20(9-8-19)13-15-4-2-5-16(17)10-15/h2,4-5,10,14H,3,6-9,11-13,18H2,1H3. The quantitative estimate of drug-likeness (QED) is 0.894. The molecule has 0 radical (unpaired) electrons. The van der Waals surface area contributed by atoms with Crippen molar-refractivity contribution in [3.8, 4) is 0 Å². The first kappa shape index (κ1) is 15.4. The van der Waals surface area contributed by atoms with Crippen LogP contribution in [-0.2, 0) is 6.54 Å². The molecule has 0 aliphatic carbocycles. The molecule has 1 aromatic carbocycles. The Morgan fingerprint density at radius 2 is 1.95 bits per heavy atom. The summed E-state index contributed by atoms with van der Waals surface area (Å²) in [4.78, 5) is 4.92. The van der Waals surface area contributed by atoms with Gasteiger partial charge in [-0.15, -0.1) is 0 Å². The zero-order valence-corrected chi connectivity index (χ0v) is 12.4. The van der Waals surface area contributed by atoms with Gasteiger partial charge in [0.25, 0.3) is 0 Å². The summed E-state index contributed by atoms with van der Waals surface area (Å²) < 4.78 is 13.2. The van der Waals surface area contributed by atoms with E-state index in [1.54, 1.807) is 12.1 Å². The van der Waals surface area contributed by atoms with Gasteiger partial charge >= 0.3 is 0 Å². The highest BCUT2D eigenvalue weighted by molar-refractivity contribution is 5.16. The lowest BCUT2D eigenvalue weighted by atomic mass is 10.1. The second-order valence-electron chi connectivity index (χ2n) is 5.90. The van der Waals surface area contributed by atoms with Crippen LogP contribution in [0.5, 0.6) is 0 Å². The highest BCUT2D eigenvalue weighted by atomic mass is 19.1. The first-order chi connectivity index (χ1) is 9.67. The van der Waals surface area contributed by atoms with E-state index in [0.717, 1.165) is 51.4 Å². The van der Waals surface area contributed by atoms with Crippen molar-refractivity contribution in [2.24, 2.45) is 11.7 Å². The second-order valence-corrected chi connectivity index (χ2v) is 5.90. The molecule has 0 bridgehead atoms. The van der Waals surface area contributed by atoms with Crippen LogP contribution >= 0.6 is 0 Å². The molecule has 1 aliphatic heterocycles. The van der Waals surface area contributed by atoms with Crippen molar-refractivity contribution in [2.75, 3.05) is 39.3 Å². The predicted octanol–water partition coefficient (Wildman–Crippen LogP) is 1.93. The van der Waals surface area contributed by atoms with Gasteiger partial charge in [0, 0.05) is 26.2 Å². The van der Waals surface area contributed by atoms with Gasteiger partial charge in [-0.2, -0.15) is 0 Å². The van der Waals surface area contributed by atoms with Crippen LogP contribution < -0.4 is 5.73 Å². The van der Waals surface area contributed by atoms with Crippen LogP contribution in [0.15, 0.2) is 24.3 Å². The molecule has 1 atom stereocenters. The van der Waals surface area contributed by atoms with Crippen molar-refractivity contribution in [1.82, 2.24) is 9.80 Å². The van der Waals surface area contributed by atoms with E-state index in [1.165, 1.54) is 12.5 Å². The largest absolute Gasteiger partial charge is 0.330 e. The van der Waals surface area contributed by atoms with Gasteiger partial charge in [-0.05, 0) is 49.7 Å². The van der Waals surface area contributed by atoms with Gasteiger partial charge in [0.05, 0.1) is 0 Å². The minimum Gasteiger partial charge on any atom is -0.330 e. The Morgan fingerprint density at radius 1 is 1.20 bits per heavy atom. The fourth-order valence-corrected chi connectivity index (χ4v) is 2.77. The molecule has 1 unspecified atom stereocenters. The van der Waals surface area contributed by atoms with E-state index in [2.05, 4.69) is 16.7 Å². The molecular weight excluding hydrogens is 253 g/mol. The number of benzene rings is 1. The monoisotopic (exact) mass is 279 g/mol. The van der Waals surface area contributed by atoms with Gasteiger partial charge in [0.2, 0.25) is 0 Å². The molecular formula is C16H26FN3. The minimum atomic E-state index is -0.143. The molecule has 20 heavy (non-hydrogen) atoms. The number of nitrogens with two attached hydrogens (primary N) is 1. The lowest BCUT2D eigenvalue weighted by molar-refractivity contribution is 0.232. The Balaban J connectivity index is 1.83. The molecule has 1 aromatic rings. The summed E-state index contributed by atoms with van der Waals surface area (Å²) in [6.45, 7) is 9.25. The maximum atomic E-state index is 13.2. The maximum Gasteiger partial charge on any atom is 0.123 e. The van der Waals surface area contributed by atoms with Gasteiger partial charge in [0.1, 0.15) is 5.82 Å². The van der Waals surface area contributed by atoms with Crippen molar-refractivity contribution < 1.29 is 4.39 Å². The number of hydrogen-bond acceptors (Lipinski definition) is 3. The Labute approximate surface area is 121 Å². The van der Waals surface area contributed by atoms with Crippen molar-refractivity contribution in [3.05, 3.63) is 35.6 Å². The van der Waals surface area contributed by atoms with E-state index >= 15 is 0 Å². The van der Waals surface area contributed by atoms with Gasteiger partial charge in [-0.1, -0.05) is 19.1 Å². The zero-order chi connectivity index (χ0) is 14.4. The summed E-state index contributed by atoms with van der Waals surface area (Å²) >= 11 is 0. The molecule has 0 saturated carbocycles. The third-order valence-electron chi connectivity index (χ3n) is 3.95. The van der Waals surface area contributed by atoms with Crippen LogP contribution in [0, 0.1) is 11.7 Å². The van der Waals surface area contributed by atoms with Crippen molar-refractivity contribution in [3.63, 3.8) is 0 Å². The molecule has 3 nitrogen and oxygen atoms in total. The molecule has 0 spiro atoms. The van der Waals surface area contributed by atoms with Gasteiger partial charge in [0.15, 0.2) is 0 Å². The van der Waals surface area contributed by atoms with Crippen LogP contribution in [0.3, 0.4) is 0 Å². The van der Waals surface area contributed by atoms with E-state index in [-0.39, 0.29) is 5.82 Å². The smallest absolute Gasteiger partial charge is 0.123 e. The molecule has 1 heterocycles. The molecule has 0 amide bonds. The van der Waals surface area contributed by atoms with E-state index in [0.29, 0.717) is 5.92 Å². The lowest BCUT2D eigenvalue weighted by Gasteiger charge is -2.24. The topological polar surface area (TPSA) is 32.5 Å². The summed E-state index contributed by atoms with van der Waals surface area (Å²) in [6, 6.07) is 6.93. The normalized spacial score (nSPS) is 19.8. The minimum absolute atomic E-state index is 0.143. The number of nitrogens with zero attached hydrogens (tertiary/aromatic N) is 2. The van der Waals surface area contributed by atoms with E-state index in [4.69, 9.17) is 5.73 Å². The molecule has 1 saturated heterocycles. The molecule has 1 fully saturated rings. The molecule has 2 rings (SSSR count). The first-order valence-electron chi connectivity index (χ1n) is 7.56. The fraction of sp³-hybridized carbons (Fsp3) is 0.625. The summed E-state index contributed by atoms with van der Waals surface area (Å²) in [5.74, 6) is 0.417. The Kier molecular flexibility index (Phi) is 5.95. The number of hydrogen-bond donors (Lipinski definition) is 1. The lowest BCUT2D eigenvalue weighted by Crippen LogP contribution is -2.35.